The van der Waals surface area contributed by atoms with E-state index in [4.69, 9.17) is 4.99 Å². The Kier molecular flexibility index (Phi) is 7.90. The van der Waals surface area contributed by atoms with Crippen LogP contribution in [-0.4, -0.2) is 75.5 Å². The van der Waals surface area contributed by atoms with Crippen LogP contribution in [0.4, 0.5) is 0 Å². The van der Waals surface area contributed by atoms with Crippen molar-refractivity contribution in [3.63, 3.8) is 0 Å². The summed E-state index contributed by atoms with van der Waals surface area (Å²) in [7, 11) is -0.773. The van der Waals surface area contributed by atoms with Crippen molar-refractivity contribution in [1.82, 2.24) is 15.1 Å². The van der Waals surface area contributed by atoms with Crippen LogP contribution in [0.1, 0.15) is 25.0 Å². The van der Waals surface area contributed by atoms with Crippen molar-refractivity contribution >= 4 is 15.8 Å². The largest absolute Gasteiger partial charge is 0.357 e. The molecule has 1 aliphatic heterocycles. The molecule has 0 bridgehead atoms. The molecule has 1 aromatic rings. The summed E-state index contributed by atoms with van der Waals surface area (Å²) in [5.74, 6) is 1.42. The van der Waals surface area contributed by atoms with Gasteiger partial charge in [-0.15, -0.1) is 0 Å². The van der Waals surface area contributed by atoms with E-state index in [2.05, 4.69) is 53.2 Å². The topological polar surface area (TPSA) is 65.0 Å². The summed E-state index contributed by atoms with van der Waals surface area (Å²) in [5, 5.41) is 3.34. The molecular weight excluding hydrogens is 348 g/mol. The molecule has 0 atom stereocenters. The van der Waals surface area contributed by atoms with Gasteiger partial charge in [-0.3, -0.25) is 9.89 Å². The number of rotatable bonds is 7. The maximum atomic E-state index is 11.5. The number of sulfone groups is 1. The van der Waals surface area contributed by atoms with Crippen LogP contribution in [0.25, 0.3) is 0 Å². The summed E-state index contributed by atoms with van der Waals surface area (Å²) in [4.78, 5) is 9.02. The zero-order chi connectivity index (χ0) is 19.0. The van der Waals surface area contributed by atoms with Gasteiger partial charge in [0, 0.05) is 39.8 Å². The van der Waals surface area contributed by atoms with Gasteiger partial charge in [0.05, 0.1) is 18.1 Å². The van der Waals surface area contributed by atoms with E-state index in [0.717, 1.165) is 32.0 Å². The normalized spacial score (nSPS) is 17.9. The molecule has 0 spiro atoms. The van der Waals surface area contributed by atoms with Crippen LogP contribution in [0.3, 0.4) is 0 Å². The molecule has 0 saturated carbocycles. The number of guanidine groups is 1. The zero-order valence-corrected chi connectivity index (χ0v) is 17.1. The summed E-state index contributed by atoms with van der Waals surface area (Å²) in [6, 6.07) is 8.70. The second-order valence-electron chi connectivity index (χ2n) is 6.76. The van der Waals surface area contributed by atoms with Gasteiger partial charge in [0.1, 0.15) is 0 Å². The molecule has 0 amide bonds. The monoisotopic (exact) mass is 380 g/mol. The minimum Gasteiger partial charge on any atom is -0.357 e. The summed E-state index contributed by atoms with van der Waals surface area (Å²) in [5.41, 5.74) is 2.61. The highest BCUT2D eigenvalue weighted by Gasteiger charge is 2.20. The van der Waals surface area contributed by atoms with Gasteiger partial charge in [0.15, 0.2) is 15.8 Å². The maximum Gasteiger partial charge on any atom is 0.194 e. The summed E-state index contributed by atoms with van der Waals surface area (Å²) in [6.45, 7) is 8.55. The number of hydrogen-bond acceptors (Lipinski definition) is 4. The SMILES string of the molecule is CCNC(=NCCN1CCS(=O)(=O)CC1)N(C)Cc1ccc(CC)cc1. The Hall–Kier alpha value is -1.60. The quantitative estimate of drug-likeness (QED) is 0.572. The zero-order valence-electron chi connectivity index (χ0n) is 16.2. The van der Waals surface area contributed by atoms with Crippen LogP contribution in [0.2, 0.25) is 0 Å². The third-order valence-corrected chi connectivity index (χ3v) is 6.27. The number of benzene rings is 1. The Morgan fingerprint density at radius 2 is 1.77 bits per heavy atom. The molecule has 6 nitrogen and oxygen atoms in total. The Morgan fingerprint density at radius 1 is 1.15 bits per heavy atom. The highest BCUT2D eigenvalue weighted by Crippen LogP contribution is 2.08. The van der Waals surface area contributed by atoms with Crippen LogP contribution >= 0.6 is 0 Å². The molecule has 26 heavy (non-hydrogen) atoms. The Balaban J connectivity index is 1.88. The highest BCUT2D eigenvalue weighted by atomic mass is 32.2. The van der Waals surface area contributed by atoms with Crippen LogP contribution in [0, 0.1) is 0 Å². The van der Waals surface area contributed by atoms with Gasteiger partial charge >= 0.3 is 0 Å². The van der Waals surface area contributed by atoms with Gasteiger partial charge < -0.3 is 10.2 Å². The van der Waals surface area contributed by atoms with Gasteiger partial charge in [0.2, 0.25) is 0 Å². The average molecular weight is 381 g/mol. The van der Waals surface area contributed by atoms with Gasteiger partial charge in [-0.05, 0) is 24.5 Å². The third-order valence-electron chi connectivity index (χ3n) is 4.66. The molecule has 0 unspecified atom stereocenters. The van der Waals surface area contributed by atoms with E-state index in [1.165, 1.54) is 11.1 Å². The van der Waals surface area contributed by atoms with Gasteiger partial charge in [0.25, 0.3) is 0 Å². The summed E-state index contributed by atoms with van der Waals surface area (Å²) >= 11 is 0. The highest BCUT2D eigenvalue weighted by molar-refractivity contribution is 7.91. The lowest BCUT2D eigenvalue weighted by molar-refractivity contribution is 0.303. The molecular formula is C19H32N4O2S. The van der Waals surface area contributed by atoms with Crippen molar-refractivity contribution in [2.24, 2.45) is 4.99 Å². The second kappa shape index (κ2) is 9.92. The van der Waals surface area contributed by atoms with Gasteiger partial charge in [-0.25, -0.2) is 8.42 Å². The number of nitrogens with zero attached hydrogens (tertiary/aromatic N) is 3. The Labute approximate surface area is 158 Å². The van der Waals surface area contributed by atoms with Gasteiger partial charge in [-0.2, -0.15) is 0 Å². The van der Waals surface area contributed by atoms with Crippen molar-refractivity contribution in [2.45, 2.75) is 26.8 Å². The first-order valence-corrected chi connectivity index (χ1v) is 11.3. The van der Waals surface area contributed by atoms with Crippen LogP contribution < -0.4 is 5.32 Å². The predicted molar refractivity (Wildman–Crippen MR) is 108 cm³/mol. The first-order valence-electron chi connectivity index (χ1n) is 9.43. The standard InChI is InChI=1S/C19H32N4O2S/c1-4-17-6-8-18(9-7-17)16-22(3)19(20-5-2)21-10-11-23-12-14-26(24,25)15-13-23/h6-9H,4-5,10-16H2,1-3H3,(H,20,21). The fourth-order valence-corrected chi connectivity index (χ4v) is 4.25. The lowest BCUT2D eigenvalue weighted by atomic mass is 10.1. The van der Waals surface area contributed by atoms with E-state index < -0.39 is 9.84 Å². The van der Waals surface area contributed by atoms with Crippen molar-refractivity contribution in [3.05, 3.63) is 35.4 Å². The summed E-state index contributed by atoms with van der Waals surface area (Å²) in [6.07, 6.45) is 1.05. The van der Waals surface area contributed by atoms with E-state index >= 15 is 0 Å². The predicted octanol–water partition coefficient (Wildman–Crippen LogP) is 1.38. The summed E-state index contributed by atoms with van der Waals surface area (Å²) < 4.78 is 23.0. The lowest BCUT2D eigenvalue weighted by Crippen LogP contribution is -2.42. The van der Waals surface area contributed by atoms with Crippen molar-refractivity contribution < 1.29 is 8.42 Å². The van der Waals surface area contributed by atoms with E-state index in [-0.39, 0.29) is 11.5 Å². The van der Waals surface area contributed by atoms with Crippen LogP contribution in [0.15, 0.2) is 29.3 Å². The Bertz CT molecular complexity index is 672. The van der Waals surface area contributed by atoms with Crippen molar-refractivity contribution in [3.8, 4) is 0 Å². The smallest absolute Gasteiger partial charge is 0.194 e. The Morgan fingerprint density at radius 3 is 2.35 bits per heavy atom. The molecule has 0 radical (unpaired) electrons. The fraction of sp³-hybridized carbons (Fsp3) is 0.632. The second-order valence-corrected chi connectivity index (χ2v) is 9.06. The van der Waals surface area contributed by atoms with Crippen LogP contribution in [-0.2, 0) is 22.8 Å². The van der Waals surface area contributed by atoms with Crippen molar-refractivity contribution in [2.75, 3.05) is 51.3 Å². The molecule has 7 heteroatoms. The van der Waals surface area contributed by atoms with E-state index in [1.807, 2.05) is 7.05 Å². The number of aliphatic imine (C=N–C) groups is 1. The molecule has 1 heterocycles. The minimum absolute atomic E-state index is 0.268. The molecule has 146 valence electrons. The lowest BCUT2D eigenvalue weighted by Gasteiger charge is -2.26. The molecule has 1 N–H and O–H groups in total. The first kappa shape index (κ1) is 20.7. The molecule has 1 aliphatic rings. The molecule has 1 saturated heterocycles. The minimum atomic E-state index is -2.82. The average Bonchev–Trinajstić information content (AvgIpc) is 2.63. The molecule has 0 aromatic heterocycles. The van der Waals surface area contributed by atoms with Crippen LogP contribution in [0.5, 0.6) is 0 Å². The maximum absolute atomic E-state index is 11.5. The van der Waals surface area contributed by atoms with E-state index in [0.29, 0.717) is 19.6 Å². The molecule has 2 rings (SSSR count). The van der Waals surface area contributed by atoms with Crippen molar-refractivity contribution in [1.29, 1.82) is 0 Å². The molecule has 0 aliphatic carbocycles. The number of nitrogens with one attached hydrogen (secondary N) is 1. The third kappa shape index (κ3) is 6.61. The van der Waals surface area contributed by atoms with E-state index in [1.54, 1.807) is 0 Å². The fourth-order valence-electron chi connectivity index (χ4n) is 2.97. The molecule has 1 fully saturated rings. The number of hydrogen-bond donors (Lipinski definition) is 1. The first-order chi connectivity index (χ1) is 12.4. The van der Waals surface area contributed by atoms with E-state index in [9.17, 15) is 8.42 Å². The molecule has 1 aromatic carbocycles. The number of aryl methyl sites for hydroxylation is 1. The van der Waals surface area contributed by atoms with Gasteiger partial charge in [-0.1, -0.05) is 31.2 Å².